The van der Waals surface area contributed by atoms with Gasteiger partial charge in [0.1, 0.15) is 5.82 Å². The van der Waals surface area contributed by atoms with Crippen LogP contribution in [0.25, 0.3) is 0 Å². The number of nitrogen functional groups attached to an aromatic ring is 1. The molecule has 0 radical (unpaired) electrons. The van der Waals surface area contributed by atoms with Crippen LogP contribution in [-0.2, 0) is 0 Å². The van der Waals surface area contributed by atoms with Crippen LogP contribution in [0.1, 0.15) is 10.4 Å². The lowest BCUT2D eigenvalue weighted by Crippen LogP contribution is -2.24. The quantitative estimate of drug-likeness (QED) is 0.828. The summed E-state index contributed by atoms with van der Waals surface area (Å²) in [5, 5.41) is 2.55. The molecule has 3 nitrogen and oxygen atoms in total. The SMILES string of the molecule is C=C(Br)CNC(=O)c1cc(N)cc(F)c1. The van der Waals surface area contributed by atoms with Gasteiger partial charge in [0.15, 0.2) is 0 Å². The Morgan fingerprint density at radius 1 is 1.53 bits per heavy atom. The highest BCUT2D eigenvalue weighted by Crippen LogP contribution is 2.10. The third-order valence-electron chi connectivity index (χ3n) is 1.62. The monoisotopic (exact) mass is 272 g/mol. The third kappa shape index (κ3) is 3.71. The molecule has 1 aromatic rings. The molecule has 0 bridgehead atoms. The van der Waals surface area contributed by atoms with E-state index in [1.54, 1.807) is 0 Å². The lowest BCUT2D eigenvalue weighted by Gasteiger charge is -2.04. The molecular formula is C10H10BrFN2O. The molecule has 0 aliphatic carbocycles. The van der Waals surface area contributed by atoms with Crippen LogP contribution in [-0.4, -0.2) is 12.5 Å². The summed E-state index contributed by atoms with van der Waals surface area (Å²) in [6, 6.07) is 3.69. The van der Waals surface area contributed by atoms with E-state index in [0.717, 1.165) is 12.1 Å². The number of benzene rings is 1. The van der Waals surface area contributed by atoms with E-state index in [1.165, 1.54) is 6.07 Å². The Kier molecular flexibility index (Phi) is 3.85. The zero-order valence-corrected chi connectivity index (χ0v) is 9.47. The number of nitrogens with one attached hydrogen (secondary N) is 1. The van der Waals surface area contributed by atoms with Crippen molar-refractivity contribution in [3.05, 3.63) is 40.6 Å². The Bertz CT molecular complexity index is 386. The van der Waals surface area contributed by atoms with Crippen molar-refractivity contribution in [2.75, 3.05) is 12.3 Å². The van der Waals surface area contributed by atoms with Crippen molar-refractivity contribution >= 4 is 27.5 Å². The fourth-order valence-corrected chi connectivity index (χ4v) is 1.16. The maximum absolute atomic E-state index is 12.9. The van der Waals surface area contributed by atoms with E-state index in [4.69, 9.17) is 5.73 Å². The Hall–Kier alpha value is -1.36. The lowest BCUT2D eigenvalue weighted by molar-refractivity contribution is 0.0957. The second-order valence-electron chi connectivity index (χ2n) is 2.97. The van der Waals surface area contributed by atoms with Crippen molar-refractivity contribution in [3.8, 4) is 0 Å². The Morgan fingerprint density at radius 2 is 2.20 bits per heavy atom. The molecule has 0 heterocycles. The first-order chi connectivity index (χ1) is 6.99. The summed E-state index contributed by atoms with van der Waals surface area (Å²) < 4.78 is 13.5. The highest BCUT2D eigenvalue weighted by molar-refractivity contribution is 9.11. The predicted molar refractivity (Wildman–Crippen MR) is 61.2 cm³/mol. The van der Waals surface area contributed by atoms with E-state index in [1.807, 2.05) is 0 Å². The van der Waals surface area contributed by atoms with Gasteiger partial charge in [0.05, 0.1) is 0 Å². The number of rotatable bonds is 3. The maximum atomic E-state index is 12.9. The van der Waals surface area contributed by atoms with E-state index in [9.17, 15) is 9.18 Å². The van der Waals surface area contributed by atoms with Gasteiger partial charge in [-0.3, -0.25) is 4.79 Å². The molecule has 5 heteroatoms. The third-order valence-corrected chi connectivity index (χ3v) is 1.90. The first-order valence-electron chi connectivity index (χ1n) is 4.16. The van der Waals surface area contributed by atoms with Gasteiger partial charge in [-0.2, -0.15) is 0 Å². The van der Waals surface area contributed by atoms with Gasteiger partial charge in [-0.15, -0.1) is 0 Å². The number of hydrogen-bond acceptors (Lipinski definition) is 2. The molecule has 0 fully saturated rings. The molecule has 0 aliphatic rings. The summed E-state index contributed by atoms with van der Waals surface area (Å²) in [5.74, 6) is -0.917. The molecular weight excluding hydrogens is 263 g/mol. The zero-order chi connectivity index (χ0) is 11.4. The molecule has 0 saturated heterocycles. The minimum atomic E-state index is -0.530. The molecule has 0 saturated carbocycles. The molecule has 80 valence electrons. The molecule has 1 rings (SSSR count). The summed E-state index contributed by atoms with van der Waals surface area (Å²) in [5.41, 5.74) is 5.82. The van der Waals surface area contributed by atoms with Crippen molar-refractivity contribution in [1.82, 2.24) is 5.32 Å². The summed E-state index contributed by atoms with van der Waals surface area (Å²) in [6.45, 7) is 3.85. The van der Waals surface area contributed by atoms with E-state index >= 15 is 0 Å². The van der Waals surface area contributed by atoms with Gasteiger partial charge in [-0.05, 0) is 18.2 Å². The Labute approximate surface area is 95.3 Å². The van der Waals surface area contributed by atoms with Crippen LogP contribution in [0.3, 0.4) is 0 Å². The minimum Gasteiger partial charge on any atom is -0.399 e. The van der Waals surface area contributed by atoms with E-state index in [0.29, 0.717) is 4.48 Å². The van der Waals surface area contributed by atoms with Crippen LogP contribution in [0.5, 0.6) is 0 Å². The largest absolute Gasteiger partial charge is 0.399 e. The van der Waals surface area contributed by atoms with Gasteiger partial charge in [0.25, 0.3) is 5.91 Å². The molecule has 0 unspecified atom stereocenters. The molecule has 1 amide bonds. The van der Waals surface area contributed by atoms with Crippen LogP contribution < -0.4 is 11.1 Å². The van der Waals surface area contributed by atoms with E-state index in [2.05, 4.69) is 27.8 Å². The number of amides is 1. The van der Waals surface area contributed by atoms with Gasteiger partial charge in [-0.1, -0.05) is 22.5 Å². The van der Waals surface area contributed by atoms with Crippen molar-refractivity contribution in [3.63, 3.8) is 0 Å². The maximum Gasteiger partial charge on any atom is 0.251 e. The summed E-state index contributed by atoms with van der Waals surface area (Å²) in [4.78, 5) is 11.5. The normalized spacial score (nSPS) is 9.73. The van der Waals surface area contributed by atoms with Gasteiger partial charge in [0, 0.05) is 22.3 Å². The van der Waals surface area contributed by atoms with Gasteiger partial charge >= 0.3 is 0 Å². The fraction of sp³-hybridized carbons (Fsp3) is 0.100. The van der Waals surface area contributed by atoms with Crippen molar-refractivity contribution < 1.29 is 9.18 Å². The molecule has 0 atom stereocenters. The second-order valence-corrected chi connectivity index (χ2v) is 4.09. The number of carbonyl (C=O) groups is 1. The highest BCUT2D eigenvalue weighted by Gasteiger charge is 2.07. The van der Waals surface area contributed by atoms with Crippen LogP contribution in [0.4, 0.5) is 10.1 Å². The Morgan fingerprint density at radius 3 is 2.73 bits per heavy atom. The topological polar surface area (TPSA) is 55.1 Å². The highest BCUT2D eigenvalue weighted by atomic mass is 79.9. The number of nitrogens with two attached hydrogens (primary N) is 1. The summed E-state index contributed by atoms with van der Waals surface area (Å²) in [7, 11) is 0. The fourth-order valence-electron chi connectivity index (χ4n) is 1.02. The standard InChI is InChI=1S/C10H10BrFN2O/c1-6(11)5-14-10(15)7-2-8(12)4-9(13)3-7/h2-4H,1,5,13H2,(H,14,15). The number of hydrogen-bond donors (Lipinski definition) is 2. The van der Waals surface area contributed by atoms with Crippen LogP contribution in [0, 0.1) is 5.82 Å². The number of halogens is 2. The zero-order valence-electron chi connectivity index (χ0n) is 7.89. The molecule has 15 heavy (non-hydrogen) atoms. The van der Waals surface area contributed by atoms with Gasteiger partial charge in [0.2, 0.25) is 0 Å². The van der Waals surface area contributed by atoms with E-state index in [-0.39, 0.29) is 23.7 Å². The average molecular weight is 273 g/mol. The lowest BCUT2D eigenvalue weighted by atomic mass is 10.2. The molecule has 0 aromatic heterocycles. The Balaban J connectivity index is 2.77. The molecule has 3 N–H and O–H groups in total. The average Bonchev–Trinajstić information content (AvgIpc) is 2.12. The first kappa shape index (κ1) is 11.7. The predicted octanol–water partition coefficient (Wildman–Crippen LogP) is 2.05. The van der Waals surface area contributed by atoms with Gasteiger partial charge < -0.3 is 11.1 Å². The second kappa shape index (κ2) is 4.93. The van der Waals surface area contributed by atoms with Crippen molar-refractivity contribution in [2.45, 2.75) is 0 Å². The smallest absolute Gasteiger partial charge is 0.251 e. The molecule has 0 spiro atoms. The summed E-state index contributed by atoms with van der Waals surface area (Å²) >= 11 is 3.10. The van der Waals surface area contributed by atoms with Crippen LogP contribution >= 0.6 is 15.9 Å². The van der Waals surface area contributed by atoms with Gasteiger partial charge in [-0.25, -0.2) is 4.39 Å². The summed E-state index contributed by atoms with van der Waals surface area (Å²) in [6.07, 6.45) is 0. The molecule has 0 aliphatic heterocycles. The van der Waals surface area contributed by atoms with Crippen molar-refractivity contribution in [1.29, 1.82) is 0 Å². The van der Waals surface area contributed by atoms with E-state index < -0.39 is 5.82 Å². The van der Waals surface area contributed by atoms with Crippen LogP contribution in [0.2, 0.25) is 0 Å². The first-order valence-corrected chi connectivity index (χ1v) is 4.96. The van der Waals surface area contributed by atoms with Crippen molar-refractivity contribution in [2.24, 2.45) is 0 Å². The minimum absolute atomic E-state index is 0.196. The molecule has 1 aromatic carbocycles. The van der Waals surface area contributed by atoms with Crippen LogP contribution in [0.15, 0.2) is 29.3 Å². The number of anilines is 1. The number of carbonyl (C=O) groups excluding carboxylic acids is 1.